The van der Waals surface area contributed by atoms with E-state index in [9.17, 15) is 14.4 Å². The van der Waals surface area contributed by atoms with E-state index in [2.05, 4.69) is 6.08 Å². The van der Waals surface area contributed by atoms with E-state index in [4.69, 9.17) is 19.3 Å². The largest absolute Gasteiger partial charge is 0.497 e. The molecule has 0 N–H and O–H groups in total. The molecule has 40 heavy (non-hydrogen) atoms. The number of amides is 1. The van der Waals surface area contributed by atoms with E-state index in [-0.39, 0.29) is 17.5 Å². The third kappa shape index (κ3) is 5.66. The molecule has 2 aliphatic rings. The molecule has 3 aromatic carbocycles. The summed E-state index contributed by atoms with van der Waals surface area (Å²) in [6.07, 6.45) is 5.51. The fourth-order valence-corrected chi connectivity index (χ4v) is 5.22. The van der Waals surface area contributed by atoms with Gasteiger partial charge in [-0.3, -0.25) is 9.59 Å². The van der Waals surface area contributed by atoms with Crippen molar-refractivity contribution in [3.8, 4) is 11.5 Å². The maximum Gasteiger partial charge on any atom is 0.338 e. The Morgan fingerprint density at radius 1 is 0.900 bits per heavy atom. The molecule has 0 aromatic heterocycles. The Bertz CT molecular complexity index is 1440. The first-order valence-corrected chi connectivity index (χ1v) is 13.1. The molecule has 1 aliphatic heterocycles. The van der Waals surface area contributed by atoms with E-state index in [1.165, 1.54) is 29.3 Å². The number of methoxy groups -OCH3 is 2. The molecule has 0 radical (unpaired) electrons. The number of allylic oxidation sites excluding steroid dienone is 1. The van der Waals surface area contributed by atoms with Gasteiger partial charge in [-0.05, 0) is 78.4 Å². The lowest BCUT2D eigenvalue weighted by Gasteiger charge is -2.29. The predicted octanol–water partition coefficient (Wildman–Crippen LogP) is 5.50. The van der Waals surface area contributed by atoms with Crippen LogP contribution in [0.3, 0.4) is 0 Å². The summed E-state index contributed by atoms with van der Waals surface area (Å²) in [5.41, 5.74) is 4.63. The molecule has 0 bridgehead atoms. The highest BCUT2D eigenvalue weighted by molar-refractivity contribution is 6.08. The number of hydrogen-bond donors (Lipinski definition) is 0. The highest BCUT2D eigenvalue weighted by Gasteiger charge is 2.43. The van der Waals surface area contributed by atoms with Crippen molar-refractivity contribution in [3.63, 3.8) is 0 Å². The summed E-state index contributed by atoms with van der Waals surface area (Å²) in [7, 11) is 3.25. The SMILES string of the molecule is COc1ccc(C=C2CCCC3C2=NN(C(=O)COC(=O)c2ccc(C=O)cc2)C3c2ccc(OC)cc2)cc1. The lowest BCUT2D eigenvalue weighted by Crippen LogP contribution is -2.34. The van der Waals surface area contributed by atoms with Crippen LogP contribution in [0.5, 0.6) is 11.5 Å². The molecule has 0 spiro atoms. The molecule has 3 aromatic rings. The van der Waals surface area contributed by atoms with Crippen LogP contribution in [0.25, 0.3) is 6.08 Å². The molecule has 1 heterocycles. The van der Waals surface area contributed by atoms with Crippen LogP contribution in [0.4, 0.5) is 0 Å². The Hall–Kier alpha value is -4.72. The summed E-state index contributed by atoms with van der Waals surface area (Å²) >= 11 is 0. The van der Waals surface area contributed by atoms with Gasteiger partial charge in [0.2, 0.25) is 0 Å². The first-order chi connectivity index (χ1) is 19.5. The molecule has 204 valence electrons. The predicted molar refractivity (Wildman–Crippen MR) is 150 cm³/mol. The number of fused-ring (bicyclic) bond motifs is 1. The summed E-state index contributed by atoms with van der Waals surface area (Å²) in [6.45, 7) is -0.456. The van der Waals surface area contributed by atoms with Crippen LogP contribution < -0.4 is 9.47 Å². The van der Waals surface area contributed by atoms with Crippen LogP contribution >= 0.6 is 0 Å². The second-order valence-electron chi connectivity index (χ2n) is 9.70. The molecule has 8 nitrogen and oxygen atoms in total. The van der Waals surface area contributed by atoms with Crippen molar-refractivity contribution < 1.29 is 28.6 Å². The van der Waals surface area contributed by atoms with Gasteiger partial charge in [0.15, 0.2) is 6.61 Å². The number of esters is 1. The van der Waals surface area contributed by atoms with Gasteiger partial charge in [0.05, 0.1) is 31.5 Å². The fourth-order valence-electron chi connectivity index (χ4n) is 5.22. The van der Waals surface area contributed by atoms with Crippen LogP contribution in [0.1, 0.15) is 57.1 Å². The van der Waals surface area contributed by atoms with Gasteiger partial charge in [-0.15, -0.1) is 0 Å². The molecule has 1 aliphatic carbocycles. The maximum absolute atomic E-state index is 13.5. The molecule has 8 heteroatoms. The first kappa shape index (κ1) is 26.9. The number of ether oxygens (including phenoxy) is 3. The van der Waals surface area contributed by atoms with Crippen LogP contribution in [0.15, 0.2) is 83.5 Å². The molecule has 1 saturated carbocycles. The van der Waals surface area contributed by atoms with Crippen LogP contribution in [-0.2, 0) is 9.53 Å². The van der Waals surface area contributed by atoms with Crippen molar-refractivity contribution in [3.05, 3.63) is 101 Å². The summed E-state index contributed by atoms with van der Waals surface area (Å²) in [6, 6.07) is 21.2. The van der Waals surface area contributed by atoms with Gasteiger partial charge in [0.25, 0.3) is 5.91 Å². The van der Waals surface area contributed by atoms with E-state index in [1.807, 2.05) is 48.5 Å². The average molecular weight is 539 g/mol. The van der Waals surface area contributed by atoms with E-state index >= 15 is 0 Å². The lowest BCUT2D eigenvalue weighted by atomic mass is 9.77. The standard InChI is InChI=1S/C32H30N2O6/c1-38-26-14-8-21(9-15-26)18-25-4-3-5-28-30(25)33-34(31(28)23-12-16-27(39-2)17-13-23)29(36)20-40-32(37)24-10-6-22(19-35)7-11-24/h6-19,28,31H,3-5,20H2,1-2H3. The minimum Gasteiger partial charge on any atom is -0.497 e. The highest BCUT2D eigenvalue weighted by atomic mass is 16.5. The zero-order valence-corrected chi connectivity index (χ0v) is 22.4. The number of rotatable bonds is 8. The van der Waals surface area contributed by atoms with Gasteiger partial charge >= 0.3 is 5.97 Å². The normalized spacial score (nSPS) is 19.0. The molecule has 1 amide bonds. The third-order valence-corrected chi connectivity index (χ3v) is 7.28. The minimum atomic E-state index is -0.642. The smallest absolute Gasteiger partial charge is 0.338 e. The summed E-state index contributed by atoms with van der Waals surface area (Å²) in [4.78, 5) is 37.0. The van der Waals surface area contributed by atoms with E-state index in [1.54, 1.807) is 14.2 Å². The molecular formula is C32H30N2O6. The van der Waals surface area contributed by atoms with Gasteiger partial charge in [-0.2, -0.15) is 5.10 Å². The topological polar surface area (TPSA) is 94.5 Å². The van der Waals surface area contributed by atoms with Crippen molar-refractivity contribution in [2.45, 2.75) is 25.3 Å². The van der Waals surface area contributed by atoms with Gasteiger partial charge < -0.3 is 14.2 Å². The first-order valence-electron chi connectivity index (χ1n) is 13.1. The van der Waals surface area contributed by atoms with E-state index < -0.39 is 18.5 Å². The van der Waals surface area contributed by atoms with Crippen molar-refractivity contribution in [2.75, 3.05) is 20.8 Å². The Morgan fingerprint density at radius 3 is 2.15 bits per heavy atom. The zero-order chi connectivity index (χ0) is 28.1. The van der Waals surface area contributed by atoms with Crippen molar-refractivity contribution in [1.29, 1.82) is 0 Å². The molecule has 2 unspecified atom stereocenters. The van der Waals surface area contributed by atoms with Crippen molar-refractivity contribution >= 4 is 30.0 Å². The quantitative estimate of drug-likeness (QED) is 0.278. The van der Waals surface area contributed by atoms with Gasteiger partial charge in [-0.25, -0.2) is 9.80 Å². The molecule has 2 atom stereocenters. The minimum absolute atomic E-state index is 0.00202. The molecule has 1 fully saturated rings. The summed E-state index contributed by atoms with van der Waals surface area (Å²) in [5, 5.41) is 6.31. The number of aldehydes is 1. The third-order valence-electron chi connectivity index (χ3n) is 7.28. The second kappa shape index (κ2) is 12.0. The highest BCUT2D eigenvalue weighted by Crippen LogP contribution is 2.44. The number of nitrogens with zero attached hydrogens (tertiary/aromatic N) is 2. The van der Waals surface area contributed by atoms with E-state index in [0.29, 0.717) is 11.8 Å². The van der Waals surface area contributed by atoms with Crippen molar-refractivity contribution in [2.24, 2.45) is 11.0 Å². The van der Waals surface area contributed by atoms with Crippen molar-refractivity contribution in [1.82, 2.24) is 5.01 Å². The number of carbonyl (C=O) groups is 3. The zero-order valence-electron chi connectivity index (χ0n) is 22.4. The van der Waals surface area contributed by atoms with Gasteiger partial charge in [-0.1, -0.05) is 36.4 Å². The Labute approximate surface area is 232 Å². The number of carbonyl (C=O) groups excluding carboxylic acids is 3. The van der Waals surface area contributed by atoms with Gasteiger partial charge in [0.1, 0.15) is 17.8 Å². The Kier molecular flexibility index (Phi) is 8.05. The number of hydrazone groups is 1. The lowest BCUT2D eigenvalue weighted by molar-refractivity contribution is -0.137. The van der Waals surface area contributed by atoms with E-state index in [0.717, 1.165) is 53.2 Å². The fraction of sp³-hybridized carbons (Fsp3) is 0.250. The van der Waals surface area contributed by atoms with Gasteiger partial charge in [0, 0.05) is 11.5 Å². The Balaban J connectivity index is 1.42. The maximum atomic E-state index is 13.5. The molecular weight excluding hydrogens is 508 g/mol. The van der Waals surface area contributed by atoms with Crippen LogP contribution in [-0.4, -0.2) is 49.7 Å². The summed E-state index contributed by atoms with van der Waals surface area (Å²) < 4.78 is 16.0. The monoisotopic (exact) mass is 538 g/mol. The van der Waals surface area contributed by atoms with Crippen LogP contribution in [0, 0.1) is 5.92 Å². The number of benzene rings is 3. The second-order valence-corrected chi connectivity index (χ2v) is 9.70. The molecule has 0 saturated heterocycles. The number of hydrogen-bond acceptors (Lipinski definition) is 7. The van der Waals surface area contributed by atoms with Crippen LogP contribution in [0.2, 0.25) is 0 Å². The Morgan fingerprint density at radius 2 is 1.52 bits per heavy atom. The average Bonchev–Trinajstić information content (AvgIpc) is 3.41. The molecule has 5 rings (SSSR count). The summed E-state index contributed by atoms with van der Waals surface area (Å²) in [5.74, 6) is 0.453.